The van der Waals surface area contributed by atoms with Gasteiger partial charge in [0, 0.05) is 42.7 Å². The summed E-state index contributed by atoms with van der Waals surface area (Å²) in [5.74, 6) is 2.50. The normalized spacial score (nSPS) is 17.4. The van der Waals surface area contributed by atoms with Gasteiger partial charge in [-0.2, -0.15) is 0 Å². The molecule has 2 aliphatic rings. The summed E-state index contributed by atoms with van der Waals surface area (Å²) in [7, 11) is -0.978. The van der Waals surface area contributed by atoms with Gasteiger partial charge in [-0.1, -0.05) is 0 Å². The van der Waals surface area contributed by atoms with E-state index < -0.39 is 7.12 Å². The van der Waals surface area contributed by atoms with Crippen LogP contribution in [0.4, 0.5) is 4.79 Å². The number of hydrogen-bond donors (Lipinski definition) is 3. The molecule has 0 radical (unpaired) electrons. The van der Waals surface area contributed by atoms with E-state index in [4.69, 9.17) is 4.65 Å². The molecule has 0 spiro atoms. The Kier molecular flexibility index (Phi) is 3.26. The second kappa shape index (κ2) is 5.31. The van der Waals surface area contributed by atoms with Crippen LogP contribution in [0.3, 0.4) is 0 Å². The summed E-state index contributed by atoms with van der Waals surface area (Å²) in [5.41, 5.74) is 2.77. The van der Waals surface area contributed by atoms with Crippen molar-refractivity contribution in [1.82, 2.24) is 20.2 Å². The minimum absolute atomic E-state index is 0.0429. The van der Waals surface area contributed by atoms with Crippen LogP contribution in [0.1, 0.15) is 12.5 Å². The Morgan fingerprint density at radius 3 is 3.22 bits per heavy atom. The fourth-order valence-electron chi connectivity index (χ4n) is 3.22. The van der Waals surface area contributed by atoms with E-state index in [9.17, 15) is 9.82 Å². The zero-order valence-corrected chi connectivity index (χ0v) is 12.7. The van der Waals surface area contributed by atoms with Crippen LogP contribution in [0.25, 0.3) is 16.6 Å². The molecule has 2 aliphatic heterocycles. The maximum atomic E-state index is 11.8. The Bertz CT molecular complexity index is 797. The van der Waals surface area contributed by atoms with Crippen molar-refractivity contribution < 1.29 is 14.5 Å². The van der Waals surface area contributed by atoms with Crippen molar-refractivity contribution in [3.05, 3.63) is 30.0 Å². The van der Waals surface area contributed by atoms with Crippen LogP contribution in [-0.2, 0) is 0 Å². The highest BCUT2D eigenvalue weighted by atomic mass is 16.5. The lowest BCUT2D eigenvalue weighted by atomic mass is 9.75. The van der Waals surface area contributed by atoms with Crippen LogP contribution < -0.4 is 9.97 Å². The molecule has 1 saturated heterocycles. The number of amides is 2. The third-order valence-electron chi connectivity index (χ3n) is 4.35. The quantitative estimate of drug-likeness (QED) is 0.722. The largest absolute Gasteiger partial charge is 0.552 e. The molecule has 3 N–H and O–H groups in total. The summed E-state index contributed by atoms with van der Waals surface area (Å²) in [6.45, 7) is 3.79. The van der Waals surface area contributed by atoms with Gasteiger partial charge in [0.15, 0.2) is 0 Å². The zero-order valence-electron chi connectivity index (χ0n) is 12.7. The highest BCUT2D eigenvalue weighted by molar-refractivity contribution is 6.52. The summed E-state index contributed by atoms with van der Waals surface area (Å²) in [4.78, 5) is 21.0. The lowest BCUT2D eigenvalue weighted by molar-refractivity contribution is 0.145. The van der Waals surface area contributed by atoms with Crippen LogP contribution in [0, 0.1) is 5.92 Å². The minimum Gasteiger partial charge on any atom is -0.531 e. The van der Waals surface area contributed by atoms with Gasteiger partial charge in [0.2, 0.25) is 0 Å². The summed E-state index contributed by atoms with van der Waals surface area (Å²) in [5, 5.41) is 13.7. The summed E-state index contributed by atoms with van der Waals surface area (Å²) in [6, 6.07) is 1.91. The zero-order chi connectivity index (χ0) is 16.0. The van der Waals surface area contributed by atoms with E-state index in [1.54, 1.807) is 17.1 Å². The number of carbonyl (C=O) groups is 1. The Balaban J connectivity index is 1.65. The Hall–Kier alpha value is -2.48. The predicted octanol–water partition coefficient (Wildman–Crippen LogP) is 1.02. The number of hydrogen-bond acceptors (Lipinski definition) is 4. The van der Waals surface area contributed by atoms with Crippen molar-refractivity contribution in [2.45, 2.75) is 6.92 Å². The average Bonchev–Trinajstić information content (AvgIpc) is 2.93. The Morgan fingerprint density at radius 1 is 1.61 bits per heavy atom. The molecule has 2 amide bonds. The molecule has 0 saturated carbocycles. The molecule has 4 rings (SSSR count). The standard InChI is InChI=1S/C15H17BN4O3/c1-2-17-15(21)20-7-9(8-20)11-5-16(22)23-12-6-19-14-10(13(11)12)3-4-18-14/h3-6,9,22H,2,7-8H2,1H3,(H,17,21)(H,18,19). The number of pyridine rings is 1. The fraction of sp³-hybridized carbons (Fsp3) is 0.333. The van der Waals surface area contributed by atoms with E-state index in [1.807, 2.05) is 19.2 Å². The number of likely N-dealkylation sites (tertiary alicyclic amines) is 1. The predicted molar refractivity (Wildman–Crippen MR) is 86.8 cm³/mol. The molecule has 8 heteroatoms. The molecular weight excluding hydrogens is 295 g/mol. The summed E-state index contributed by atoms with van der Waals surface area (Å²) >= 11 is 0. The Morgan fingerprint density at radius 2 is 2.43 bits per heavy atom. The molecule has 0 aromatic carbocycles. The smallest absolute Gasteiger partial charge is 0.531 e. The average molecular weight is 312 g/mol. The molecule has 7 nitrogen and oxygen atoms in total. The molecule has 0 unspecified atom stereocenters. The first kappa shape index (κ1) is 14.1. The van der Waals surface area contributed by atoms with Gasteiger partial charge in [-0.25, -0.2) is 9.78 Å². The number of aromatic amines is 1. The van der Waals surface area contributed by atoms with Crippen LogP contribution in [-0.4, -0.2) is 52.7 Å². The van der Waals surface area contributed by atoms with Gasteiger partial charge in [-0.3, -0.25) is 0 Å². The summed E-state index contributed by atoms with van der Waals surface area (Å²) in [6.07, 6.45) is 3.47. The lowest BCUT2D eigenvalue weighted by Crippen LogP contribution is -2.54. The van der Waals surface area contributed by atoms with Crippen LogP contribution >= 0.6 is 0 Å². The van der Waals surface area contributed by atoms with Gasteiger partial charge in [0.25, 0.3) is 0 Å². The maximum Gasteiger partial charge on any atom is 0.552 e. The van der Waals surface area contributed by atoms with Gasteiger partial charge in [-0.15, -0.1) is 0 Å². The topological polar surface area (TPSA) is 90.5 Å². The van der Waals surface area contributed by atoms with Crippen molar-refractivity contribution in [1.29, 1.82) is 0 Å². The SMILES string of the molecule is CCNC(=O)N1CC(C2=CB(O)Oc3cnc4[nH]ccc4c32)C1. The molecule has 0 atom stereocenters. The van der Waals surface area contributed by atoms with E-state index in [-0.39, 0.29) is 11.9 Å². The lowest BCUT2D eigenvalue weighted by Gasteiger charge is -2.41. The van der Waals surface area contributed by atoms with Crippen molar-refractivity contribution in [2.24, 2.45) is 5.92 Å². The van der Waals surface area contributed by atoms with E-state index in [0.717, 1.165) is 22.2 Å². The first-order valence-corrected chi connectivity index (χ1v) is 7.73. The van der Waals surface area contributed by atoms with E-state index in [2.05, 4.69) is 15.3 Å². The molecule has 23 heavy (non-hydrogen) atoms. The van der Waals surface area contributed by atoms with Gasteiger partial charge in [0.05, 0.1) is 6.20 Å². The molecule has 0 bridgehead atoms. The number of urea groups is 1. The second-order valence-electron chi connectivity index (χ2n) is 5.81. The molecule has 2 aromatic heterocycles. The number of carbonyl (C=O) groups excluding carboxylic acids is 1. The number of H-pyrrole nitrogens is 1. The second-order valence-corrected chi connectivity index (χ2v) is 5.81. The van der Waals surface area contributed by atoms with E-state index in [1.165, 1.54) is 0 Å². The third-order valence-corrected chi connectivity index (χ3v) is 4.35. The van der Waals surface area contributed by atoms with Crippen molar-refractivity contribution in [2.75, 3.05) is 19.6 Å². The molecule has 0 aliphatic carbocycles. The van der Waals surface area contributed by atoms with Gasteiger partial charge in [-0.05, 0) is 24.5 Å². The van der Waals surface area contributed by atoms with Gasteiger partial charge < -0.3 is 24.9 Å². The van der Waals surface area contributed by atoms with Crippen LogP contribution in [0.2, 0.25) is 0 Å². The molecule has 1 fully saturated rings. The third kappa shape index (κ3) is 2.26. The number of rotatable bonds is 2. The molecule has 4 heterocycles. The number of nitrogens with zero attached hydrogens (tertiary/aromatic N) is 2. The molecule has 2 aromatic rings. The van der Waals surface area contributed by atoms with Gasteiger partial charge >= 0.3 is 13.1 Å². The molecule has 118 valence electrons. The van der Waals surface area contributed by atoms with Crippen molar-refractivity contribution >= 4 is 29.8 Å². The van der Waals surface area contributed by atoms with E-state index >= 15 is 0 Å². The minimum atomic E-state index is -0.978. The fourth-order valence-corrected chi connectivity index (χ4v) is 3.22. The highest BCUT2D eigenvalue weighted by Gasteiger charge is 2.38. The van der Waals surface area contributed by atoms with E-state index in [0.29, 0.717) is 25.4 Å². The number of nitrogens with one attached hydrogen (secondary N) is 2. The van der Waals surface area contributed by atoms with Gasteiger partial charge in [0.1, 0.15) is 11.4 Å². The monoisotopic (exact) mass is 312 g/mol. The Labute approximate surface area is 133 Å². The highest BCUT2D eigenvalue weighted by Crippen LogP contribution is 2.41. The first-order chi connectivity index (χ1) is 11.2. The van der Waals surface area contributed by atoms with Crippen LogP contribution in [0.15, 0.2) is 24.4 Å². The first-order valence-electron chi connectivity index (χ1n) is 7.73. The summed E-state index contributed by atoms with van der Waals surface area (Å²) < 4.78 is 5.48. The van der Waals surface area contributed by atoms with Crippen molar-refractivity contribution in [3.8, 4) is 5.75 Å². The maximum absolute atomic E-state index is 11.8. The molecular formula is C15H17BN4O3. The van der Waals surface area contributed by atoms with Crippen LogP contribution in [0.5, 0.6) is 5.75 Å². The number of fused-ring (bicyclic) bond motifs is 3. The number of aromatic nitrogens is 2. The van der Waals surface area contributed by atoms with Crippen molar-refractivity contribution in [3.63, 3.8) is 0 Å².